The molecule has 167 valence electrons. The van der Waals surface area contributed by atoms with Gasteiger partial charge in [-0.1, -0.05) is 24.3 Å². The number of ketones is 1. The zero-order valence-corrected chi connectivity index (χ0v) is 18.1. The van der Waals surface area contributed by atoms with Gasteiger partial charge in [0.25, 0.3) is 0 Å². The van der Waals surface area contributed by atoms with E-state index in [0.717, 1.165) is 0 Å². The second kappa shape index (κ2) is 10.5. The molecule has 0 saturated heterocycles. The van der Waals surface area contributed by atoms with Crippen LogP contribution in [0.5, 0.6) is 5.75 Å². The molecule has 0 unspecified atom stereocenters. The number of pyridine rings is 1. The smallest absolute Gasteiger partial charge is 0.399 e. The second-order valence-corrected chi connectivity index (χ2v) is 5.98. The van der Waals surface area contributed by atoms with E-state index in [9.17, 15) is 31.1 Å². The Morgan fingerprint density at radius 2 is 1.55 bits per heavy atom. The number of carbonyl (C=O) groups is 1. The third-order valence-electron chi connectivity index (χ3n) is 3.73. The molecule has 10 heteroatoms. The topological polar surface area (TPSA) is 50.2 Å². The Morgan fingerprint density at radius 3 is 2.00 bits per heavy atom. The number of phenols is 1. The fourth-order valence-corrected chi connectivity index (χ4v) is 2.32. The standard InChI is InChI=1S/C13H6F6N.C8H8O2.Ir/c14-12(15,16)9-5-8(11-3-1-2-4-20-11)6-10(7-9)13(17,18)19;1-6(9)7-4-2-3-5-8(7)10;/h1-5,7H;2-5,10H,1H3;/q-1;;. The van der Waals surface area contributed by atoms with E-state index in [1.807, 2.05) is 6.07 Å². The van der Waals surface area contributed by atoms with Gasteiger partial charge in [-0.25, -0.2) is 0 Å². The number of aromatic hydroxyl groups is 1. The van der Waals surface area contributed by atoms with Gasteiger partial charge in [-0.05, 0) is 41.9 Å². The first-order valence-corrected chi connectivity index (χ1v) is 8.31. The van der Waals surface area contributed by atoms with Gasteiger partial charge in [-0.3, -0.25) is 4.79 Å². The molecule has 1 heterocycles. The minimum Gasteiger partial charge on any atom is -0.507 e. The number of hydrogen-bond acceptors (Lipinski definition) is 3. The summed E-state index contributed by atoms with van der Waals surface area (Å²) in [7, 11) is 0. The van der Waals surface area contributed by atoms with Gasteiger partial charge in [0.05, 0.1) is 5.56 Å². The summed E-state index contributed by atoms with van der Waals surface area (Å²) in [5, 5.41) is 9.06. The van der Waals surface area contributed by atoms with Gasteiger partial charge in [0, 0.05) is 26.3 Å². The minimum atomic E-state index is -4.91. The molecule has 0 fully saturated rings. The molecule has 3 aromatic rings. The predicted octanol–water partition coefficient (Wildman–Crippen LogP) is 6.18. The monoisotopic (exact) mass is 619 g/mol. The average molecular weight is 619 g/mol. The van der Waals surface area contributed by atoms with Crippen LogP contribution in [0.3, 0.4) is 0 Å². The number of hydrogen-bond donors (Lipinski definition) is 1. The molecule has 1 N–H and O–H groups in total. The molecule has 0 spiro atoms. The van der Waals surface area contributed by atoms with Crippen molar-refractivity contribution in [3.05, 3.63) is 83.6 Å². The number of Topliss-reactive ketones (excluding diaryl/α,β-unsaturated/α-hetero) is 1. The molecule has 2 aromatic carbocycles. The Morgan fingerprint density at radius 1 is 0.935 bits per heavy atom. The molecule has 0 aliphatic rings. The SMILES string of the molecule is CC(=O)c1ccccc1O.FC(F)(F)c1[c-]c(-c2ccccn2)cc(C(F)(F)F)c1.[Ir]. The third-order valence-corrected chi connectivity index (χ3v) is 3.73. The first kappa shape index (κ1) is 26.3. The maximum absolute atomic E-state index is 12.7. The van der Waals surface area contributed by atoms with Crippen molar-refractivity contribution in [2.24, 2.45) is 0 Å². The van der Waals surface area contributed by atoms with Gasteiger partial charge >= 0.3 is 12.4 Å². The van der Waals surface area contributed by atoms with Crippen molar-refractivity contribution in [1.29, 1.82) is 0 Å². The number of halogens is 6. The molecular weight excluding hydrogens is 604 g/mol. The van der Waals surface area contributed by atoms with Gasteiger partial charge in [0.15, 0.2) is 5.78 Å². The molecule has 0 saturated carbocycles. The Balaban J connectivity index is 0.000000370. The Hall–Kier alpha value is -2.71. The van der Waals surface area contributed by atoms with E-state index in [2.05, 4.69) is 4.98 Å². The number of rotatable bonds is 2. The van der Waals surface area contributed by atoms with Crippen LogP contribution in [0, 0.1) is 6.07 Å². The molecule has 3 rings (SSSR count). The minimum absolute atomic E-state index is 0. The predicted molar refractivity (Wildman–Crippen MR) is 96.6 cm³/mol. The number of nitrogens with zero attached hydrogens (tertiary/aromatic N) is 1. The number of carbonyl (C=O) groups excluding carboxylic acids is 1. The fourth-order valence-electron chi connectivity index (χ4n) is 2.32. The molecule has 0 amide bonds. The van der Waals surface area contributed by atoms with Gasteiger partial charge in [-0.2, -0.15) is 26.3 Å². The van der Waals surface area contributed by atoms with Crippen LogP contribution < -0.4 is 0 Å². The van der Waals surface area contributed by atoms with Crippen molar-refractivity contribution in [1.82, 2.24) is 4.98 Å². The molecule has 1 aromatic heterocycles. The Labute approximate surface area is 187 Å². The molecule has 0 aliphatic carbocycles. The van der Waals surface area contributed by atoms with E-state index in [4.69, 9.17) is 5.11 Å². The van der Waals surface area contributed by atoms with Gasteiger partial charge in [0.1, 0.15) is 5.75 Å². The summed E-state index contributed by atoms with van der Waals surface area (Å²) < 4.78 is 75.8. The average Bonchev–Trinajstić information content (AvgIpc) is 2.67. The molecule has 0 bridgehead atoms. The van der Waals surface area contributed by atoms with Crippen LogP contribution in [0.25, 0.3) is 11.3 Å². The van der Waals surface area contributed by atoms with E-state index in [1.54, 1.807) is 18.2 Å². The van der Waals surface area contributed by atoms with Crippen molar-refractivity contribution < 1.29 is 56.3 Å². The molecule has 0 atom stereocenters. The quantitative estimate of drug-likeness (QED) is 0.212. The van der Waals surface area contributed by atoms with Crippen LogP contribution >= 0.6 is 0 Å². The largest absolute Gasteiger partial charge is 0.507 e. The first-order valence-electron chi connectivity index (χ1n) is 8.31. The normalized spacial score (nSPS) is 11.1. The number of phenolic OH excluding ortho intramolecular Hbond substituents is 1. The Bertz CT molecular complexity index is 988. The van der Waals surface area contributed by atoms with Crippen LogP contribution in [-0.4, -0.2) is 15.9 Å². The van der Waals surface area contributed by atoms with Crippen molar-refractivity contribution in [3.8, 4) is 17.0 Å². The Kier molecular flexibility index (Phi) is 8.96. The van der Waals surface area contributed by atoms with E-state index in [-0.39, 0.29) is 49.0 Å². The zero-order valence-electron chi connectivity index (χ0n) is 15.7. The number of aromatic nitrogens is 1. The first-order chi connectivity index (χ1) is 13.9. The third kappa shape index (κ3) is 7.48. The molecule has 3 nitrogen and oxygen atoms in total. The van der Waals surface area contributed by atoms with Gasteiger partial charge in [-0.15, -0.1) is 23.8 Å². The van der Waals surface area contributed by atoms with Crippen LogP contribution in [0.15, 0.2) is 60.8 Å². The number of benzene rings is 2. The molecule has 0 aliphatic heterocycles. The number of para-hydroxylation sites is 1. The van der Waals surface area contributed by atoms with Crippen LogP contribution in [-0.2, 0) is 32.5 Å². The molecule has 1 radical (unpaired) electrons. The summed E-state index contributed by atoms with van der Waals surface area (Å²) in [4.78, 5) is 14.4. The maximum Gasteiger partial charge on any atom is 0.399 e. The van der Waals surface area contributed by atoms with E-state index in [0.29, 0.717) is 11.6 Å². The maximum atomic E-state index is 12.7. The summed E-state index contributed by atoms with van der Waals surface area (Å²) in [6.45, 7) is 1.43. The number of alkyl halides is 6. The van der Waals surface area contributed by atoms with Crippen molar-refractivity contribution in [3.63, 3.8) is 0 Å². The van der Waals surface area contributed by atoms with Crippen LogP contribution in [0.1, 0.15) is 28.4 Å². The molecular formula is C21H14F6IrNO2-. The van der Waals surface area contributed by atoms with Crippen LogP contribution in [0.4, 0.5) is 26.3 Å². The fraction of sp³-hybridized carbons (Fsp3) is 0.143. The molecule has 31 heavy (non-hydrogen) atoms. The van der Waals surface area contributed by atoms with E-state index >= 15 is 0 Å². The van der Waals surface area contributed by atoms with Gasteiger partial charge < -0.3 is 10.1 Å². The summed E-state index contributed by atoms with van der Waals surface area (Å²) in [5.74, 6) is -0.0619. The zero-order chi connectivity index (χ0) is 22.5. The summed E-state index contributed by atoms with van der Waals surface area (Å²) in [6, 6.07) is 13.3. The van der Waals surface area contributed by atoms with Crippen molar-refractivity contribution >= 4 is 5.78 Å². The second-order valence-electron chi connectivity index (χ2n) is 5.98. The van der Waals surface area contributed by atoms with Gasteiger partial charge in [0.2, 0.25) is 0 Å². The van der Waals surface area contributed by atoms with Crippen molar-refractivity contribution in [2.75, 3.05) is 0 Å². The summed E-state index contributed by atoms with van der Waals surface area (Å²) in [6.07, 6.45) is -8.51. The summed E-state index contributed by atoms with van der Waals surface area (Å²) in [5.41, 5.74) is -2.85. The van der Waals surface area contributed by atoms with Crippen molar-refractivity contribution in [2.45, 2.75) is 19.3 Å². The summed E-state index contributed by atoms with van der Waals surface area (Å²) >= 11 is 0. The van der Waals surface area contributed by atoms with E-state index in [1.165, 1.54) is 37.4 Å². The van der Waals surface area contributed by atoms with Crippen LogP contribution in [0.2, 0.25) is 0 Å². The van der Waals surface area contributed by atoms with E-state index < -0.39 is 23.5 Å².